The summed E-state index contributed by atoms with van der Waals surface area (Å²) in [7, 11) is 1.64. The van der Waals surface area contributed by atoms with Crippen molar-refractivity contribution in [1.29, 1.82) is 0 Å². The predicted octanol–water partition coefficient (Wildman–Crippen LogP) is 2.18. The van der Waals surface area contributed by atoms with E-state index in [2.05, 4.69) is 27.7 Å². The number of benzene rings is 1. The van der Waals surface area contributed by atoms with E-state index in [1.165, 1.54) is 0 Å². The minimum Gasteiger partial charge on any atom is -0.496 e. The van der Waals surface area contributed by atoms with Gasteiger partial charge in [-0.05, 0) is 40.8 Å². The molecule has 0 fully saturated rings. The van der Waals surface area contributed by atoms with Crippen molar-refractivity contribution in [3.05, 3.63) is 45.3 Å². The maximum Gasteiger partial charge on any atom is 0.123 e. The lowest BCUT2D eigenvalue weighted by molar-refractivity contribution is 0.407. The van der Waals surface area contributed by atoms with Gasteiger partial charge in [0.15, 0.2) is 0 Å². The summed E-state index contributed by atoms with van der Waals surface area (Å²) >= 11 is 7.21. The highest BCUT2D eigenvalue weighted by Gasteiger charge is 2.07. The van der Waals surface area contributed by atoms with Crippen LogP contribution in [0.4, 0.5) is 0 Å². The standard InChI is InChI=1S/C12H12IN3OS/c1-17-11-3-2-8(12(14)18)4-9(11)6-16-7-10(13)5-15-16/h2-5,7H,6H2,1H3,(H2,14,18). The Hall–Kier alpha value is -1.15. The molecule has 2 N–H and O–H groups in total. The van der Waals surface area contributed by atoms with Crippen molar-refractivity contribution in [3.8, 4) is 5.75 Å². The Kier molecular flexibility index (Phi) is 4.18. The Morgan fingerprint density at radius 2 is 2.33 bits per heavy atom. The number of hydrogen-bond donors (Lipinski definition) is 1. The van der Waals surface area contributed by atoms with Crippen LogP contribution in [-0.4, -0.2) is 21.9 Å². The molecule has 0 unspecified atom stereocenters. The summed E-state index contributed by atoms with van der Waals surface area (Å²) in [5, 5.41) is 4.25. The molecule has 0 aliphatic rings. The van der Waals surface area contributed by atoms with E-state index >= 15 is 0 Å². The van der Waals surface area contributed by atoms with Gasteiger partial charge < -0.3 is 10.5 Å². The van der Waals surface area contributed by atoms with Crippen LogP contribution in [0.15, 0.2) is 30.6 Å². The number of nitrogens with zero attached hydrogens (tertiary/aromatic N) is 2. The highest BCUT2D eigenvalue weighted by molar-refractivity contribution is 14.1. The van der Waals surface area contributed by atoms with Crippen LogP contribution >= 0.6 is 34.8 Å². The summed E-state index contributed by atoms with van der Waals surface area (Å²) in [5.74, 6) is 0.806. The van der Waals surface area contributed by atoms with Gasteiger partial charge in [0, 0.05) is 17.3 Å². The summed E-state index contributed by atoms with van der Waals surface area (Å²) in [4.78, 5) is 0.383. The molecule has 0 atom stereocenters. The van der Waals surface area contributed by atoms with Crippen LogP contribution in [0, 0.1) is 3.57 Å². The van der Waals surface area contributed by atoms with Gasteiger partial charge >= 0.3 is 0 Å². The molecular weight excluding hydrogens is 361 g/mol. The van der Waals surface area contributed by atoms with Crippen LogP contribution < -0.4 is 10.5 Å². The summed E-state index contributed by atoms with van der Waals surface area (Å²) in [6.07, 6.45) is 3.78. The molecule has 1 aromatic carbocycles. The van der Waals surface area contributed by atoms with Gasteiger partial charge in [-0.15, -0.1) is 0 Å². The molecule has 0 bridgehead atoms. The van der Waals surface area contributed by atoms with E-state index in [1.807, 2.05) is 35.3 Å². The van der Waals surface area contributed by atoms with Gasteiger partial charge in [0.1, 0.15) is 10.7 Å². The summed E-state index contributed by atoms with van der Waals surface area (Å²) in [5.41, 5.74) is 7.48. The fourth-order valence-electron chi connectivity index (χ4n) is 1.65. The third kappa shape index (κ3) is 2.99. The lowest BCUT2D eigenvalue weighted by atomic mass is 10.1. The number of methoxy groups -OCH3 is 1. The smallest absolute Gasteiger partial charge is 0.123 e. The maximum absolute atomic E-state index is 5.64. The number of rotatable bonds is 4. The van der Waals surface area contributed by atoms with E-state index < -0.39 is 0 Å². The van der Waals surface area contributed by atoms with Gasteiger partial charge in [-0.1, -0.05) is 12.2 Å². The largest absolute Gasteiger partial charge is 0.496 e. The molecule has 2 aromatic rings. The second-order valence-electron chi connectivity index (χ2n) is 3.75. The van der Waals surface area contributed by atoms with Crippen LogP contribution in [0.3, 0.4) is 0 Å². The van der Waals surface area contributed by atoms with Crippen LogP contribution in [0.5, 0.6) is 5.75 Å². The summed E-state index contributed by atoms with van der Waals surface area (Å²) in [6, 6.07) is 5.67. The van der Waals surface area contributed by atoms with E-state index in [-0.39, 0.29) is 0 Å². The Labute approximate surface area is 124 Å². The monoisotopic (exact) mass is 373 g/mol. The minimum atomic E-state index is 0.383. The van der Waals surface area contributed by atoms with Crippen molar-refractivity contribution in [2.24, 2.45) is 5.73 Å². The minimum absolute atomic E-state index is 0.383. The molecule has 6 heteroatoms. The quantitative estimate of drug-likeness (QED) is 0.660. The lowest BCUT2D eigenvalue weighted by Gasteiger charge is -2.10. The van der Waals surface area contributed by atoms with Crippen molar-refractivity contribution in [2.45, 2.75) is 6.54 Å². The molecule has 0 radical (unpaired) electrons. The molecule has 94 valence electrons. The molecule has 0 aliphatic heterocycles. The number of thiocarbonyl (C=S) groups is 1. The topological polar surface area (TPSA) is 53.1 Å². The van der Waals surface area contributed by atoms with Crippen molar-refractivity contribution >= 4 is 39.8 Å². The first kappa shape index (κ1) is 13.3. The highest BCUT2D eigenvalue weighted by Crippen LogP contribution is 2.21. The summed E-state index contributed by atoms with van der Waals surface area (Å²) in [6.45, 7) is 0.628. The third-order valence-corrected chi connectivity index (χ3v) is 3.29. The lowest BCUT2D eigenvalue weighted by Crippen LogP contribution is -2.11. The number of aromatic nitrogens is 2. The molecular formula is C12H12IN3OS. The molecule has 0 aliphatic carbocycles. The van der Waals surface area contributed by atoms with Crippen LogP contribution in [0.1, 0.15) is 11.1 Å². The Bertz CT molecular complexity index is 582. The zero-order chi connectivity index (χ0) is 13.1. The number of ether oxygens (including phenoxy) is 1. The first-order valence-electron chi connectivity index (χ1n) is 5.25. The number of halogens is 1. The van der Waals surface area contributed by atoms with E-state index in [9.17, 15) is 0 Å². The molecule has 0 saturated carbocycles. The Morgan fingerprint density at radius 3 is 2.89 bits per heavy atom. The fourth-order valence-corrected chi connectivity index (χ4v) is 2.23. The van der Waals surface area contributed by atoms with Gasteiger partial charge in [0.05, 0.1) is 23.4 Å². The maximum atomic E-state index is 5.64. The first-order chi connectivity index (χ1) is 8.60. The summed E-state index contributed by atoms with van der Waals surface area (Å²) < 4.78 is 8.28. The van der Waals surface area contributed by atoms with E-state index in [1.54, 1.807) is 7.11 Å². The predicted molar refractivity (Wildman–Crippen MR) is 82.9 cm³/mol. The van der Waals surface area contributed by atoms with Gasteiger partial charge in [0.2, 0.25) is 0 Å². The van der Waals surface area contributed by atoms with Gasteiger partial charge in [-0.25, -0.2) is 0 Å². The molecule has 0 spiro atoms. The molecule has 4 nitrogen and oxygen atoms in total. The second-order valence-corrected chi connectivity index (χ2v) is 5.43. The van der Waals surface area contributed by atoms with Crippen molar-refractivity contribution in [3.63, 3.8) is 0 Å². The number of nitrogens with two attached hydrogens (primary N) is 1. The van der Waals surface area contributed by atoms with Crippen molar-refractivity contribution in [1.82, 2.24) is 9.78 Å². The van der Waals surface area contributed by atoms with Crippen molar-refractivity contribution < 1.29 is 4.74 Å². The van der Waals surface area contributed by atoms with Gasteiger partial charge in [-0.2, -0.15) is 5.10 Å². The van der Waals surface area contributed by atoms with E-state index in [0.29, 0.717) is 11.5 Å². The van der Waals surface area contributed by atoms with Gasteiger partial charge in [-0.3, -0.25) is 4.68 Å². The van der Waals surface area contributed by atoms with Crippen LogP contribution in [0.2, 0.25) is 0 Å². The Balaban J connectivity index is 2.35. The van der Waals surface area contributed by atoms with Crippen molar-refractivity contribution in [2.75, 3.05) is 7.11 Å². The Morgan fingerprint density at radius 1 is 1.56 bits per heavy atom. The molecule has 1 aromatic heterocycles. The average Bonchev–Trinajstić information content (AvgIpc) is 2.74. The zero-order valence-corrected chi connectivity index (χ0v) is 12.7. The molecule has 1 heterocycles. The molecule has 2 rings (SSSR count). The number of hydrogen-bond acceptors (Lipinski definition) is 3. The molecule has 18 heavy (non-hydrogen) atoms. The molecule has 0 amide bonds. The van der Waals surface area contributed by atoms with E-state index in [4.69, 9.17) is 22.7 Å². The second kappa shape index (κ2) is 5.66. The SMILES string of the molecule is COc1ccc(C(N)=S)cc1Cn1cc(I)cn1. The average molecular weight is 373 g/mol. The highest BCUT2D eigenvalue weighted by atomic mass is 127. The molecule has 0 saturated heterocycles. The normalized spacial score (nSPS) is 10.3. The first-order valence-corrected chi connectivity index (χ1v) is 6.73. The van der Waals surface area contributed by atoms with Crippen LogP contribution in [0.25, 0.3) is 0 Å². The van der Waals surface area contributed by atoms with Crippen LogP contribution in [-0.2, 0) is 6.54 Å². The van der Waals surface area contributed by atoms with E-state index in [0.717, 1.165) is 20.4 Å². The fraction of sp³-hybridized carbons (Fsp3) is 0.167. The zero-order valence-electron chi connectivity index (χ0n) is 9.76. The third-order valence-electron chi connectivity index (χ3n) is 2.50. The van der Waals surface area contributed by atoms with Gasteiger partial charge in [0.25, 0.3) is 0 Å².